The molecular formula is C10H16N2O. The van der Waals surface area contributed by atoms with E-state index >= 15 is 0 Å². The predicted molar refractivity (Wildman–Crippen MR) is 50.4 cm³/mol. The number of hydrogen-bond acceptors (Lipinski definition) is 2. The molecule has 1 amide bonds. The average Bonchev–Trinajstić information content (AvgIpc) is 2.16. The SMILES string of the molecule is NNC(=O)C1CC2C=CCC(C2)C1. The van der Waals surface area contributed by atoms with E-state index in [9.17, 15) is 4.79 Å². The maximum Gasteiger partial charge on any atom is 0.237 e. The Morgan fingerprint density at radius 1 is 1.38 bits per heavy atom. The Labute approximate surface area is 78.3 Å². The van der Waals surface area contributed by atoms with E-state index in [1.54, 1.807) is 0 Å². The van der Waals surface area contributed by atoms with Crippen LogP contribution in [-0.4, -0.2) is 5.91 Å². The van der Waals surface area contributed by atoms with E-state index in [-0.39, 0.29) is 11.8 Å². The molecule has 2 bridgehead atoms. The van der Waals surface area contributed by atoms with Gasteiger partial charge in [-0.3, -0.25) is 10.2 Å². The maximum atomic E-state index is 11.3. The molecule has 2 aliphatic carbocycles. The van der Waals surface area contributed by atoms with Gasteiger partial charge in [-0.1, -0.05) is 12.2 Å². The lowest BCUT2D eigenvalue weighted by Crippen LogP contribution is -2.40. The van der Waals surface area contributed by atoms with Crippen molar-refractivity contribution < 1.29 is 4.79 Å². The number of nitrogens with one attached hydrogen (secondary N) is 1. The number of amides is 1. The van der Waals surface area contributed by atoms with E-state index in [1.807, 2.05) is 0 Å². The summed E-state index contributed by atoms with van der Waals surface area (Å²) in [5, 5.41) is 0. The van der Waals surface area contributed by atoms with Gasteiger partial charge in [0.05, 0.1) is 0 Å². The van der Waals surface area contributed by atoms with Crippen LogP contribution < -0.4 is 11.3 Å². The van der Waals surface area contributed by atoms with Gasteiger partial charge in [0.1, 0.15) is 0 Å². The van der Waals surface area contributed by atoms with Gasteiger partial charge in [-0.15, -0.1) is 0 Å². The topological polar surface area (TPSA) is 55.1 Å². The normalized spacial score (nSPS) is 37.2. The summed E-state index contributed by atoms with van der Waals surface area (Å²) in [6.45, 7) is 0. The van der Waals surface area contributed by atoms with Crippen molar-refractivity contribution in [2.24, 2.45) is 23.6 Å². The summed E-state index contributed by atoms with van der Waals surface area (Å²) >= 11 is 0. The van der Waals surface area contributed by atoms with Crippen LogP contribution in [0.25, 0.3) is 0 Å². The minimum Gasteiger partial charge on any atom is -0.294 e. The van der Waals surface area contributed by atoms with Crippen molar-refractivity contribution in [1.82, 2.24) is 5.43 Å². The third kappa shape index (κ3) is 1.75. The van der Waals surface area contributed by atoms with E-state index in [0.717, 1.165) is 19.3 Å². The zero-order chi connectivity index (χ0) is 9.26. The molecule has 2 aliphatic rings. The summed E-state index contributed by atoms with van der Waals surface area (Å²) < 4.78 is 0. The van der Waals surface area contributed by atoms with E-state index < -0.39 is 0 Å². The van der Waals surface area contributed by atoms with Crippen LogP contribution in [0.5, 0.6) is 0 Å². The number of fused-ring (bicyclic) bond motifs is 2. The molecule has 1 fully saturated rings. The van der Waals surface area contributed by atoms with E-state index in [0.29, 0.717) is 11.8 Å². The smallest absolute Gasteiger partial charge is 0.237 e. The van der Waals surface area contributed by atoms with Gasteiger partial charge in [0.25, 0.3) is 0 Å². The molecule has 3 atom stereocenters. The molecular weight excluding hydrogens is 164 g/mol. The Kier molecular flexibility index (Phi) is 2.36. The monoisotopic (exact) mass is 180 g/mol. The fraction of sp³-hybridized carbons (Fsp3) is 0.700. The molecule has 13 heavy (non-hydrogen) atoms. The summed E-state index contributed by atoms with van der Waals surface area (Å²) in [7, 11) is 0. The molecule has 0 aromatic carbocycles. The van der Waals surface area contributed by atoms with Crippen LogP contribution in [0.3, 0.4) is 0 Å². The van der Waals surface area contributed by atoms with E-state index in [4.69, 9.17) is 5.84 Å². The lowest BCUT2D eigenvalue weighted by molar-refractivity contribution is -0.127. The Bertz CT molecular complexity index is 237. The van der Waals surface area contributed by atoms with Gasteiger partial charge in [0.15, 0.2) is 0 Å². The molecule has 0 radical (unpaired) electrons. The van der Waals surface area contributed by atoms with Crippen LogP contribution in [-0.2, 0) is 4.79 Å². The van der Waals surface area contributed by atoms with Crippen LogP contribution in [0.2, 0.25) is 0 Å². The lowest BCUT2D eigenvalue weighted by Gasteiger charge is -2.34. The second-order valence-corrected chi connectivity index (χ2v) is 4.20. The van der Waals surface area contributed by atoms with Gasteiger partial charge in [-0.2, -0.15) is 0 Å². The minimum atomic E-state index is 0.0185. The van der Waals surface area contributed by atoms with Gasteiger partial charge in [-0.05, 0) is 37.5 Å². The highest BCUT2D eigenvalue weighted by Crippen LogP contribution is 2.39. The molecule has 3 unspecified atom stereocenters. The van der Waals surface area contributed by atoms with Crippen LogP contribution in [0.15, 0.2) is 12.2 Å². The Morgan fingerprint density at radius 3 is 2.92 bits per heavy atom. The van der Waals surface area contributed by atoms with Gasteiger partial charge < -0.3 is 0 Å². The van der Waals surface area contributed by atoms with Crippen LogP contribution in [0.1, 0.15) is 25.7 Å². The quantitative estimate of drug-likeness (QED) is 0.273. The number of rotatable bonds is 1. The fourth-order valence-electron chi connectivity index (χ4n) is 2.63. The molecule has 3 nitrogen and oxygen atoms in total. The first-order chi connectivity index (χ1) is 6.29. The van der Waals surface area contributed by atoms with Crippen molar-refractivity contribution in [3.63, 3.8) is 0 Å². The first-order valence-electron chi connectivity index (χ1n) is 4.96. The molecule has 72 valence electrons. The number of carbonyl (C=O) groups excluding carboxylic acids is 1. The summed E-state index contributed by atoms with van der Waals surface area (Å²) in [5.74, 6) is 6.64. The second-order valence-electron chi connectivity index (χ2n) is 4.20. The summed E-state index contributed by atoms with van der Waals surface area (Å²) in [6.07, 6.45) is 8.93. The average molecular weight is 180 g/mol. The van der Waals surface area contributed by atoms with E-state index in [2.05, 4.69) is 17.6 Å². The molecule has 2 rings (SSSR count). The van der Waals surface area contributed by atoms with Crippen LogP contribution >= 0.6 is 0 Å². The van der Waals surface area contributed by atoms with Crippen molar-refractivity contribution in [2.75, 3.05) is 0 Å². The summed E-state index contributed by atoms with van der Waals surface area (Å²) in [5.41, 5.74) is 2.26. The van der Waals surface area contributed by atoms with Crippen molar-refractivity contribution in [1.29, 1.82) is 0 Å². The minimum absolute atomic E-state index is 0.0185. The van der Waals surface area contributed by atoms with Crippen LogP contribution in [0.4, 0.5) is 0 Å². The fourth-order valence-corrected chi connectivity index (χ4v) is 2.63. The Morgan fingerprint density at radius 2 is 2.23 bits per heavy atom. The number of allylic oxidation sites excluding steroid dienone is 2. The maximum absolute atomic E-state index is 11.3. The molecule has 0 saturated heterocycles. The first kappa shape index (κ1) is 8.75. The molecule has 3 N–H and O–H groups in total. The number of nitrogens with two attached hydrogens (primary N) is 1. The van der Waals surface area contributed by atoms with Gasteiger partial charge in [0.2, 0.25) is 5.91 Å². The molecule has 0 aromatic heterocycles. The molecule has 0 aliphatic heterocycles. The molecule has 0 spiro atoms. The third-order valence-corrected chi connectivity index (χ3v) is 3.23. The second kappa shape index (κ2) is 3.50. The van der Waals surface area contributed by atoms with Crippen molar-refractivity contribution >= 4 is 5.91 Å². The zero-order valence-corrected chi connectivity index (χ0v) is 7.70. The van der Waals surface area contributed by atoms with Crippen molar-refractivity contribution in [3.8, 4) is 0 Å². The van der Waals surface area contributed by atoms with Gasteiger partial charge in [-0.25, -0.2) is 5.84 Å². The Balaban J connectivity index is 2.03. The highest BCUT2D eigenvalue weighted by Gasteiger charge is 2.32. The zero-order valence-electron chi connectivity index (χ0n) is 7.70. The third-order valence-electron chi connectivity index (χ3n) is 3.23. The molecule has 0 aromatic rings. The van der Waals surface area contributed by atoms with Crippen molar-refractivity contribution in [3.05, 3.63) is 12.2 Å². The van der Waals surface area contributed by atoms with E-state index in [1.165, 1.54) is 6.42 Å². The first-order valence-corrected chi connectivity index (χ1v) is 4.96. The molecule has 0 heterocycles. The van der Waals surface area contributed by atoms with Crippen molar-refractivity contribution in [2.45, 2.75) is 25.7 Å². The highest BCUT2D eigenvalue weighted by atomic mass is 16.2. The summed E-state index contributed by atoms with van der Waals surface area (Å²) in [6, 6.07) is 0. The Hall–Kier alpha value is -0.830. The number of hydrazine groups is 1. The van der Waals surface area contributed by atoms with Crippen LogP contribution in [0, 0.1) is 17.8 Å². The largest absolute Gasteiger partial charge is 0.294 e. The van der Waals surface area contributed by atoms with Gasteiger partial charge >= 0.3 is 0 Å². The number of hydrogen-bond donors (Lipinski definition) is 2. The summed E-state index contributed by atoms with van der Waals surface area (Å²) in [4.78, 5) is 11.3. The molecule has 1 saturated carbocycles. The lowest BCUT2D eigenvalue weighted by atomic mass is 9.71. The molecule has 3 heteroatoms. The highest BCUT2D eigenvalue weighted by molar-refractivity contribution is 5.78. The van der Waals surface area contributed by atoms with Gasteiger partial charge in [0, 0.05) is 5.92 Å². The number of carbonyl (C=O) groups is 1. The predicted octanol–water partition coefficient (Wildman–Crippen LogP) is 0.969. The standard InChI is InChI=1S/C10H16N2O/c11-12-10(13)9-5-7-2-1-3-8(4-7)6-9/h1-2,7-9H,3-6,11H2,(H,12,13).